The second-order valence-electron chi connectivity index (χ2n) is 7.43. The van der Waals surface area contributed by atoms with Crippen LogP contribution in [0.5, 0.6) is 0 Å². The van der Waals surface area contributed by atoms with Gasteiger partial charge in [0.25, 0.3) is 0 Å². The monoisotopic (exact) mass is 326 g/mol. The van der Waals surface area contributed by atoms with Crippen LogP contribution < -0.4 is 16.4 Å². The van der Waals surface area contributed by atoms with Gasteiger partial charge in [-0.05, 0) is 56.6 Å². The van der Waals surface area contributed by atoms with E-state index in [1.54, 1.807) is 0 Å². The molecule has 1 aromatic rings. The van der Waals surface area contributed by atoms with Crippen LogP contribution in [0.25, 0.3) is 0 Å². The Morgan fingerprint density at radius 2 is 1.96 bits per heavy atom. The maximum Gasteiger partial charge on any atom is 0.221 e. The van der Waals surface area contributed by atoms with Crippen molar-refractivity contribution >= 4 is 11.9 Å². The van der Waals surface area contributed by atoms with E-state index < -0.39 is 5.66 Å². The molecule has 0 amide bonds. The zero-order valence-electron chi connectivity index (χ0n) is 14.4. The minimum absolute atomic E-state index is 0.300. The molecule has 6 nitrogen and oxygen atoms in total. The average Bonchev–Trinajstić information content (AvgIpc) is 3.47. The van der Waals surface area contributed by atoms with Crippen molar-refractivity contribution < 1.29 is 0 Å². The van der Waals surface area contributed by atoms with Crippen LogP contribution in [-0.2, 0) is 5.66 Å². The maximum absolute atomic E-state index is 6.12. The first-order chi connectivity index (χ1) is 11.6. The largest absolute Gasteiger partial charge is 0.368 e. The highest BCUT2D eigenvalue weighted by Gasteiger charge is 2.48. The lowest BCUT2D eigenvalue weighted by molar-refractivity contribution is 0.231. The lowest BCUT2D eigenvalue weighted by Gasteiger charge is -2.39. The summed E-state index contributed by atoms with van der Waals surface area (Å²) in [6.07, 6.45) is 6.87. The number of rotatable bonds is 5. The number of nitrogens with one attached hydrogen (secondary N) is 2. The van der Waals surface area contributed by atoms with Gasteiger partial charge in [0.05, 0.1) is 5.69 Å². The second-order valence-corrected chi connectivity index (χ2v) is 7.43. The highest BCUT2D eigenvalue weighted by molar-refractivity contribution is 5.96. The predicted octanol–water partition coefficient (Wildman–Crippen LogP) is 1.94. The number of hydrogen-bond donors (Lipinski definition) is 3. The summed E-state index contributed by atoms with van der Waals surface area (Å²) in [7, 11) is 0. The van der Waals surface area contributed by atoms with Gasteiger partial charge >= 0.3 is 0 Å². The number of guanidine groups is 2. The predicted molar refractivity (Wildman–Crippen MR) is 95.3 cm³/mol. The third-order valence-electron chi connectivity index (χ3n) is 5.56. The summed E-state index contributed by atoms with van der Waals surface area (Å²) in [6, 6.07) is 6.34. The summed E-state index contributed by atoms with van der Waals surface area (Å²) >= 11 is 0. The molecule has 1 aromatic heterocycles. The zero-order chi connectivity index (χ0) is 16.7. The van der Waals surface area contributed by atoms with E-state index >= 15 is 0 Å². The van der Waals surface area contributed by atoms with Gasteiger partial charge in [-0.3, -0.25) is 4.98 Å². The minimum atomic E-state index is -0.639. The summed E-state index contributed by atoms with van der Waals surface area (Å²) in [6.45, 7) is 4.44. The molecule has 0 saturated heterocycles. The fourth-order valence-electron chi connectivity index (χ4n) is 3.65. The summed E-state index contributed by atoms with van der Waals surface area (Å²) in [5, 5.41) is 7.06. The van der Waals surface area contributed by atoms with Crippen molar-refractivity contribution in [1.82, 2.24) is 15.6 Å². The normalized spacial score (nSPS) is 29.1. The molecule has 4 rings (SSSR count). The summed E-state index contributed by atoms with van der Waals surface area (Å²) in [4.78, 5) is 13.8. The van der Waals surface area contributed by atoms with E-state index in [-0.39, 0.29) is 0 Å². The van der Waals surface area contributed by atoms with Crippen LogP contribution in [0, 0.1) is 17.8 Å². The number of aromatic nitrogens is 1. The van der Waals surface area contributed by atoms with Crippen molar-refractivity contribution in [3.05, 3.63) is 30.1 Å². The fourth-order valence-corrected chi connectivity index (χ4v) is 3.65. The van der Waals surface area contributed by atoms with E-state index in [1.807, 2.05) is 24.4 Å². The Morgan fingerprint density at radius 3 is 2.58 bits per heavy atom. The Hall–Kier alpha value is -2.11. The molecule has 0 radical (unpaired) electrons. The van der Waals surface area contributed by atoms with E-state index in [0.717, 1.165) is 17.6 Å². The van der Waals surface area contributed by atoms with Crippen LogP contribution in [-0.4, -0.2) is 22.9 Å². The zero-order valence-corrected chi connectivity index (χ0v) is 14.4. The van der Waals surface area contributed by atoms with Crippen LogP contribution in [0.4, 0.5) is 0 Å². The molecule has 1 aliphatic heterocycles. The average molecular weight is 326 g/mol. The van der Waals surface area contributed by atoms with Gasteiger partial charge in [-0.1, -0.05) is 13.0 Å². The van der Waals surface area contributed by atoms with Crippen LogP contribution in [0.1, 0.15) is 45.2 Å². The molecule has 2 aliphatic carbocycles. The molecule has 1 unspecified atom stereocenters. The Bertz CT molecular complexity index is 661. The second kappa shape index (κ2) is 5.76. The van der Waals surface area contributed by atoms with E-state index in [2.05, 4.69) is 34.5 Å². The molecular formula is C18H26N6. The number of nitrogens with two attached hydrogens (primary N) is 1. The maximum atomic E-state index is 6.12. The van der Waals surface area contributed by atoms with Gasteiger partial charge in [0.1, 0.15) is 0 Å². The van der Waals surface area contributed by atoms with Crippen molar-refractivity contribution in [2.45, 2.75) is 51.2 Å². The van der Waals surface area contributed by atoms with Gasteiger partial charge in [-0.2, -0.15) is 4.99 Å². The molecule has 6 heteroatoms. The molecule has 3 aliphatic rings. The van der Waals surface area contributed by atoms with Gasteiger partial charge in [0, 0.05) is 18.2 Å². The molecule has 2 saturated carbocycles. The number of aliphatic imine (C=N–C) groups is 2. The van der Waals surface area contributed by atoms with Crippen molar-refractivity contribution in [2.75, 3.05) is 0 Å². The first-order valence-electron chi connectivity index (χ1n) is 8.99. The van der Waals surface area contributed by atoms with E-state index in [4.69, 9.17) is 10.7 Å². The van der Waals surface area contributed by atoms with Crippen LogP contribution in [0.3, 0.4) is 0 Å². The van der Waals surface area contributed by atoms with Crippen LogP contribution >= 0.6 is 0 Å². The van der Waals surface area contributed by atoms with Crippen LogP contribution in [0.2, 0.25) is 0 Å². The molecule has 0 aromatic carbocycles. The Kier molecular flexibility index (Phi) is 3.70. The van der Waals surface area contributed by atoms with Crippen molar-refractivity contribution in [2.24, 2.45) is 33.5 Å². The molecule has 0 spiro atoms. The van der Waals surface area contributed by atoms with Crippen LogP contribution in [0.15, 0.2) is 34.4 Å². The summed E-state index contributed by atoms with van der Waals surface area (Å²) < 4.78 is 0. The Labute approximate surface area is 143 Å². The van der Waals surface area contributed by atoms with Crippen molar-refractivity contribution in [1.29, 1.82) is 0 Å². The highest BCUT2D eigenvalue weighted by atomic mass is 15.4. The summed E-state index contributed by atoms with van der Waals surface area (Å²) in [5.74, 6) is 2.72. The molecule has 24 heavy (non-hydrogen) atoms. The first kappa shape index (κ1) is 15.4. The number of hydrogen-bond acceptors (Lipinski definition) is 6. The molecule has 4 N–H and O–H groups in total. The van der Waals surface area contributed by atoms with Gasteiger partial charge in [0.15, 0.2) is 5.66 Å². The highest BCUT2D eigenvalue weighted by Crippen LogP contribution is 2.46. The van der Waals surface area contributed by atoms with Gasteiger partial charge < -0.3 is 16.4 Å². The van der Waals surface area contributed by atoms with Crippen molar-refractivity contribution in [3.63, 3.8) is 0 Å². The molecule has 3 atom stereocenters. The Morgan fingerprint density at radius 1 is 1.21 bits per heavy atom. The lowest BCUT2D eigenvalue weighted by Crippen LogP contribution is -2.58. The van der Waals surface area contributed by atoms with Gasteiger partial charge in [-0.25, -0.2) is 4.99 Å². The third kappa shape index (κ3) is 2.85. The minimum Gasteiger partial charge on any atom is -0.368 e. The molecular weight excluding hydrogens is 300 g/mol. The lowest BCUT2D eigenvalue weighted by atomic mass is 9.86. The first-order valence-corrected chi connectivity index (χ1v) is 8.99. The van der Waals surface area contributed by atoms with Gasteiger partial charge in [-0.15, -0.1) is 0 Å². The summed E-state index contributed by atoms with van der Waals surface area (Å²) in [5.41, 5.74) is 6.38. The molecule has 2 heterocycles. The molecule has 2 fully saturated rings. The quantitative estimate of drug-likeness (QED) is 0.771. The fraction of sp³-hybridized carbons (Fsp3) is 0.611. The Balaban J connectivity index is 1.67. The smallest absolute Gasteiger partial charge is 0.221 e. The number of pyridine rings is 1. The molecule has 0 bridgehead atoms. The van der Waals surface area contributed by atoms with E-state index in [9.17, 15) is 0 Å². The topological polar surface area (TPSA) is 87.7 Å². The van der Waals surface area contributed by atoms with E-state index in [1.165, 1.54) is 25.7 Å². The standard InChI is InChI=1S/C18H26N6/c1-11(13-6-7-13)18(15-5-3-4-10-20-15)23-16(19)22-17(24-18)21-12(2)14-8-9-14/h3-5,10-14H,6-9H2,1-2H3,(H4,19,21,22,23,24)/t11-,12-,18?/m1/s1. The van der Waals surface area contributed by atoms with Crippen molar-refractivity contribution in [3.8, 4) is 0 Å². The van der Waals surface area contributed by atoms with Gasteiger partial charge in [0.2, 0.25) is 11.9 Å². The molecule has 128 valence electrons. The third-order valence-corrected chi connectivity index (χ3v) is 5.56. The van der Waals surface area contributed by atoms with E-state index in [0.29, 0.717) is 23.8 Å². The number of nitrogens with zero attached hydrogens (tertiary/aromatic N) is 3. The SMILES string of the molecule is C[C@H](C1CC1)C1(c2ccccn2)N=C(N)N=C(N[C@H](C)C2CC2)N1.